The van der Waals surface area contributed by atoms with E-state index in [-0.39, 0.29) is 12.1 Å². The molecule has 104 valence electrons. The van der Waals surface area contributed by atoms with Crippen molar-refractivity contribution in [1.29, 1.82) is 0 Å². The van der Waals surface area contributed by atoms with Gasteiger partial charge in [-0.25, -0.2) is 4.79 Å². The highest BCUT2D eigenvalue weighted by molar-refractivity contribution is 5.74. The van der Waals surface area contributed by atoms with Crippen molar-refractivity contribution >= 4 is 6.03 Å². The second kappa shape index (κ2) is 6.57. The Bertz CT molecular complexity index is 407. The lowest BCUT2D eigenvalue weighted by atomic mass is 10.2. The highest BCUT2D eigenvalue weighted by atomic mass is 16.2. The number of carbonyl (C=O) groups excluding carboxylic acids is 1. The van der Waals surface area contributed by atoms with E-state index in [2.05, 4.69) is 24.2 Å². The number of hydrogen-bond donors (Lipinski definition) is 1. The van der Waals surface area contributed by atoms with Gasteiger partial charge in [0.05, 0.1) is 0 Å². The number of nitrogens with one attached hydrogen (secondary N) is 1. The van der Waals surface area contributed by atoms with E-state index in [0.29, 0.717) is 6.54 Å². The Kier molecular flexibility index (Phi) is 4.80. The summed E-state index contributed by atoms with van der Waals surface area (Å²) in [5.41, 5.74) is 1.13. The standard InChI is InChI=1S/C15H23N3O/c1-13-12-17(2)9-6-10-18(13)15(19)16-11-14-7-4-3-5-8-14/h3-5,7-8,13H,6,9-12H2,1-2H3,(H,16,19). The zero-order valence-electron chi connectivity index (χ0n) is 11.8. The van der Waals surface area contributed by atoms with Gasteiger partial charge in [0, 0.05) is 25.7 Å². The summed E-state index contributed by atoms with van der Waals surface area (Å²) in [6.45, 7) is 5.56. The molecule has 2 rings (SSSR count). The van der Waals surface area contributed by atoms with E-state index < -0.39 is 0 Å². The van der Waals surface area contributed by atoms with Gasteiger partial charge in [0.25, 0.3) is 0 Å². The fraction of sp³-hybridized carbons (Fsp3) is 0.533. The van der Waals surface area contributed by atoms with Crippen molar-refractivity contribution in [2.24, 2.45) is 0 Å². The fourth-order valence-corrected chi connectivity index (χ4v) is 2.55. The molecular formula is C15H23N3O. The van der Waals surface area contributed by atoms with Gasteiger partial charge < -0.3 is 15.1 Å². The summed E-state index contributed by atoms with van der Waals surface area (Å²) in [5, 5.41) is 3.01. The fourth-order valence-electron chi connectivity index (χ4n) is 2.55. The molecule has 1 heterocycles. The van der Waals surface area contributed by atoms with Gasteiger partial charge in [0.1, 0.15) is 0 Å². The van der Waals surface area contributed by atoms with Crippen molar-refractivity contribution in [2.75, 3.05) is 26.7 Å². The SMILES string of the molecule is CC1CN(C)CCCN1C(=O)NCc1ccccc1. The summed E-state index contributed by atoms with van der Waals surface area (Å²) in [6.07, 6.45) is 1.04. The van der Waals surface area contributed by atoms with Crippen LogP contribution < -0.4 is 5.32 Å². The van der Waals surface area contributed by atoms with E-state index >= 15 is 0 Å². The number of rotatable bonds is 2. The van der Waals surface area contributed by atoms with Crippen molar-refractivity contribution in [2.45, 2.75) is 25.9 Å². The van der Waals surface area contributed by atoms with E-state index in [9.17, 15) is 4.79 Å². The predicted octanol–water partition coefficient (Wildman–Crippen LogP) is 1.92. The molecule has 19 heavy (non-hydrogen) atoms. The lowest BCUT2D eigenvalue weighted by Crippen LogP contribution is -2.46. The van der Waals surface area contributed by atoms with E-state index in [0.717, 1.165) is 31.6 Å². The summed E-state index contributed by atoms with van der Waals surface area (Å²) in [5.74, 6) is 0. The summed E-state index contributed by atoms with van der Waals surface area (Å²) in [6, 6.07) is 10.3. The molecule has 1 aliphatic heterocycles. The quantitative estimate of drug-likeness (QED) is 0.883. The van der Waals surface area contributed by atoms with Crippen LogP contribution in [0.3, 0.4) is 0 Å². The molecular weight excluding hydrogens is 238 g/mol. The Labute approximate surface area is 115 Å². The minimum atomic E-state index is 0.0478. The van der Waals surface area contributed by atoms with Crippen LogP contribution in [0.5, 0.6) is 0 Å². The molecule has 4 nitrogen and oxygen atoms in total. The molecule has 0 aliphatic carbocycles. The van der Waals surface area contributed by atoms with Gasteiger partial charge in [0.2, 0.25) is 0 Å². The lowest BCUT2D eigenvalue weighted by Gasteiger charge is -2.28. The topological polar surface area (TPSA) is 35.6 Å². The number of amides is 2. The van der Waals surface area contributed by atoms with Crippen molar-refractivity contribution in [1.82, 2.24) is 15.1 Å². The van der Waals surface area contributed by atoms with Gasteiger partial charge in [-0.05, 0) is 32.5 Å². The molecule has 0 saturated carbocycles. The van der Waals surface area contributed by atoms with Gasteiger partial charge >= 0.3 is 6.03 Å². The number of carbonyl (C=O) groups is 1. The van der Waals surface area contributed by atoms with Crippen LogP contribution in [0.1, 0.15) is 18.9 Å². The van der Waals surface area contributed by atoms with Gasteiger partial charge in [-0.15, -0.1) is 0 Å². The number of likely N-dealkylation sites (N-methyl/N-ethyl adjacent to an activating group) is 1. The summed E-state index contributed by atoms with van der Waals surface area (Å²) < 4.78 is 0. The van der Waals surface area contributed by atoms with Gasteiger partial charge in [-0.3, -0.25) is 0 Å². The zero-order chi connectivity index (χ0) is 13.7. The van der Waals surface area contributed by atoms with Gasteiger partial charge in [-0.1, -0.05) is 30.3 Å². The van der Waals surface area contributed by atoms with Crippen LogP contribution in [0.15, 0.2) is 30.3 Å². The molecule has 1 atom stereocenters. The second-order valence-corrected chi connectivity index (χ2v) is 5.30. The minimum absolute atomic E-state index is 0.0478. The van der Waals surface area contributed by atoms with E-state index in [1.54, 1.807) is 0 Å². The van der Waals surface area contributed by atoms with Gasteiger partial charge in [0.15, 0.2) is 0 Å². The third-order valence-electron chi connectivity index (χ3n) is 3.59. The van der Waals surface area contributed by atoms with Crippen molar-refractivity contribution in [3.63, 3.8) is 0 Å². The zero-order valence-corrected chi connectivity index (χ0v) is 11.8. The maximum absolute atomic E-state index is 12.2. The van der Waals surface area contributed by atoms with Gasteiger partial charge in [-0.2, -0.15) is 0 Å². The third kappa shape index (κ3) is 3.96. The van der Waals surface area contributed by atoms with Crippen LogP contribution in [-0.2, 0) is 6.54 Å². The molecule has 1 unspecified atom stereocenters. The molecule has 1 N–H and O–H groups in total. The second-order valence-electron chi connectivity index (χ2n) is 5.30. The average Bonchev–Trinajstić information content (AvgIpc) is 2.58. The molecule has 1 fully saturated rings. The first-order valence-electron chi connectivity index (χ1n) is 6.94. The largest absolute Gasteiger partial charge is 0.334 e. The molecule has 4 heteroatoms. The predicted molar refractivity (Wildman–Crippen MR) is 77.0 cm³/mol. The Morgan fingerprint density at radius 3 is 2.79 bits per heavy atom. The van der Waals surface area contributed by atoms with Crippen LogP contribution >= 0.6 is 0 Å². The molecule has 1 saturated heterocycles. The van der Waals surface area contributed by atoms with Crippen LogP contribution in [-0.4, -0.2) is 48.6 Å². The Morgan fingerprint density at radius 2 is 2.05 bits per heavy atom. The van der Waals surface area contributed by atoms with E-state index in [4.69, 9.17) is 0 Å². The molecule has 1 aromatic carbocycles. The number of hydrogen-bond acceptors (Lipinski definition) is 2. The molecule has 1 aliphatic rings. The summed E-state index contributed by atoms with van der Waals surface area (Å²) in [4.78, 5) is 16.5. The highest BCUT2D eigenvalue weighted by Gasteiger charge is 2.23. The number of urea groups is 1. The number of nitrogens with zero attached hydrogens (tertiary/aromatic N) is 2. The van der Waals surface area contributed by atoms with Crippen molar-refractivity contribution in [3.8, 4) is 0 Å². The summed E-state index contributed by atoms with van der Waals surface area (Å²) in [7, 11) is 2.11. The Morgan fingerprint density at radius 1 is 1.32 bits per heavy atom. The molecule has 1 aromatic rings. The monoisotopic (exact) mass is 261 g/mol. The first-order chi connectivity index (χ1) is 9.16. The van der Waals surface area contributed by atoms with Crippen molar-refractivity contribution in [3.05, 3.63) is 35.9 Å². The van der Waals surface area contributed by atoms with E-state index in [1.807, 2.05) is 35.2 Å². The Balaban J connectivity index is 1.88. The van der Waals surface area contributed by atoms with Crippen LogP contribution in [0.25, 0.3) is 0 Å². The first kappa shape index (κ1) is 13.9. The molecule has 2 amide bonds. The average molecular weight is 261 g/mol. The normalized spacial score (nSPS) is 20.9. The van der Waals surface area contributed by atoms with Crippen molar-refractivity contribution < 1.29 is 4.79 Å². The smallest absolute Gasteiger partial charge is 0.317 e. The molecule has 0 radical (unpaired) electrons. The molecule has 0 aromatic heterocycles. The van der Waals surface area contributed by atoms with Crippen LogP contribution in [0.2, 0.25) is 0 Å². The summed E-state index contributed by atoms with van der Waals surface area (Å²) >= 11 is 0. The molecule has 0 spiro atoms. The number of benzene rings is 1. The minimum Gasteiger partial charge on any atom is -0.334 e. The Hall–Kier alpha value is -1.55. The third-order valence-corrected chi connectivity index (χ3v) is 3.59. The maximum atomic E-state index is 12.2. The molecule has 0 bridgehead atoms. The lowest BCUT2D eigenvalue weighted by molar-refractivity contribution is 0.177. The first-order valence-corrected chi connectivity index (χ1v) is 6.94. The highest BCUT2D eigenvalue weighted by Crippen LogP contribution is 2.09. The maximum Gasteiger partial charge on any atom is 0.317 e. The van der Waals surface area contributed by atoms with E-state index in [1.165, 1.54) is 0 Å². The van der Waals surface area contributed by atoms with Crippen LogP contribution in [0.4, 0.5) is 4.79 Å². The van der Waals surface area contributed by atoms with Crippen LogP contribution in [0, 0.1) is 0 Å².